The zero-order valence-corrected chi connectivity index (χ0v) is 17.2. The van der Waals surface area contributed by atoms with Crippen molar-refractivity contribution < 1.29 is 9.84 Å². The van der Waals surface area contributed by atoms with Crippen LogP contribution in [0.5, 0.6) is 0 Å². The highest BCUT2D eigenvalue weighted by molar-refractivity contribution is 7.18. The van der Waals surface area contributed by atoms with Gasteiger partial charge in [0.15, 0.2) is 0 Å². The van der Waals surface area contributed by atoms with E-state index in [1.807, 2.05) is 13.0 Å². The van der Waals surface area contributed by atoms with E-state index in [4.69, 9.17) is 4.74 Å². The van der Waals surface area contributed by atoms with Gasteiger partial charge in [-0.25, -0.2) is 4.98 Å². The molecular weight excluding hydrogens is 350 g/mol. The summed E-state index contributed by atoms with van der Waals surface area (Å²) in [4.78, 5) is 24.1. The molecule has 6 nitrogen and oxygen atoms in total. The Balaban J connectivity index is 2.19. The molecule has 0 fully saturated rings. The third-order valence-corrected chi connectivity index (χ3v) is 5.35. The number of aliphatic hydroxyl groups excluding tert-OH is 1. The van der Waals surface area contributed by atoms with Crippen LogP contribution in [0.1, 0.15) is 51.2 Å². The lowest BCUT2D eigenvalue weighted by atomic mass is 10.2. The smallest absolute Gasteiger partial charge is 0.259 e. The fraction of sp³-hybridized carbons (Fsp3) is 0.684. The van der Waals surface area contributed by atoms with E-state index in [0.29, 0.717) is 49.3 Å². The number of thiophene rings is 1. The number of hydrogen-bond acceptors (Lipinski definition) is 6. The van der Waals surface area contributed by atoms with Crippen molar-refractivity contribution in [1.82, 2.24) is 14.9 Å². The first-order valence-electron chi connectivity index (χ1n) is 9.30. The first-order valence-corrected chi connectivity index (χ1v) is 10.1. The molecule has 0 radical (unpaired) electrons. The third kappa shape index (κ3) is 5.87. The van der Waals surface area contributed by atoms with Crippen LogP contribution >= 0.6 is 11.3 Å². The summed E-state index contributed by atoms with van der Waals surface area (Å²) in [7, 11) is 0. The summed E-state index contributed by atoms with van der Waals surface area (Å²) in [6, 6.07) is 1.94. The van der Waals surface area contributed by atoms with Gasteiger partial charge in [-0.15, -0.1) is 11.3 Å². The molecule has 0 aromatic carbocycles. The second kappa shape index (κ2) is 9.60. The van der Waals surface area contributed by atoms with Crippen molar-refractivity contribution in [3.05, 3.63) is 27.1 Å². The van der Waals surface area contributed by atoms with Crippen LogP contribution in [0.3, 0.4) is 0 Å². The monoisotopic (exact) mass is 381 g/mol. The van der Waals surface area contributed by atoms with Gasteiger partial charge in [-0.1, -0.05) is 27.7 Å². The second-order valence-electron chi connectivity index (χ2n) is 7.44. The Morgan fingerprint density at radius 1 is 1.31 bits per heavy atom. The number of nitrogens with zero attached hydrogens (tertiary/aromatic N) is 2. The number of aromatic amines is 1. The molecule has 7 heteroatoms. The van der Waals surface area contributed by atoms with Crippen LogP contribution < -0.4 is 5.56 Å². The van der Waals surface area contributed by atoms with E-state index in [-0.39, 0.29) is 5.56 Å². The van der Waals surface area contributed by atoms with Crippen molar-refractivity contribution in [2.45, 2.75) is 53.2 Å². The maximum Gasteiger partial charge on any atom is 0.259 e. The van der Waals surface area contributed by atoms with Crippen LogP contribution in [0.15, 0.2) is 10.9 Å². The van der Waals surface area contributed by atoms with Gasteiger partial charge in [-0.05, 0) is 24.8 Å². The SMILES string of the molecule is CCOC[C@H](O)CN(Cc1nc2sc(C(C)C)cc2c(=O)[nH]1)CC(C)C. The van der Waals surface area contributed by atoms with Crippen molar-refractivity contribution in [2.24, 2.45) is 5.92 Å². The molecule has 26 heavy (non-hydrogen) atoms. The van der Waals surface area contributed by atoms with Crippen LogP contribution in [-0.4, -0.2) is 52.4 Å². The normalized spacial score (nSPS) is 13.4. The molecule has 146 valence electrons. The molecule has 2 aromatic rings. The second-order valence-corrected chi connectivity index (χ2v) is 8.50. The summed E-state index contributed by atoms with van der Waals surface area (Å²) in [5.74, 6) is 1.46. The number of rotatable bonds is 10. The predicted octanol–water partition coefficient (Wildman–Crippen LogP) is 2.96. The van der Waals surface area contributed by atoms with Gasteiger partial charge in [0.2, 0.25) is 0 Å². The lowest BCUT2D eigenvalue weighted by Crippen LogP contribution is -2.37. The van der Waals surface area contributed by atoms with E-state index in [2.05, 4.69) is 42.6 Å². The average molecular weight is 382 g/mol. The van der Waals surface area contributed by atoms with E-state index in [0.717, 1.165) is 11.4 Å². The summed E-state index contributed by atoms with van der Waals surface area (Å²) in [5, 5.41) is 10.8. The van der Waals surface area contributed by atoms with Gasteiger partial charge in [0.25, 0.3) is 5.56 Å². The molecule has 2 aromatic heterocycles. The maximum absolute atomic E-state index is 12.4. The minimum Gasteiger partial charge on any atom is -0.389 e. The van der Waals surface area contributed by atoms with Gasteiger partial charge >= 0.3 is 0 Å². The number of hydrogen-bond donors (Lipinski definition) is 2. The molecule has 0 unspecified atom stereocenters. The van der Waals surface area contributed by atoms with Crippen LogP contribution in [-0.2, 0) is 11.3 Å². The maximum atomic E-state index is 12.4. The van der Waals surface area contributed by atoms with E-state index in [9.17, 15) is 9.90 Å². The Morgan fingerprint density at radius 3 is 2.65 bits per heavy atom. The van der Waals surface area contributed by atoms with Gasteiger partial charge < -0.3 is 14.8 Å². The van der Waals surface area contributed by atoms with Crippen molar-refractivity contribution in [3.8, 4) is 0 Å². The standard InChI is InChI=1S/C19H31N3O3S/c1-6-25-11-14(23)9-22(8-12(2)3)10-17-20-18(24)15-7-16(13(4)5)26-19(15)21-17/h7,12-14,23H,6,8-11H2,1-5H3,(H,20,21,24)/t14-/m1/s1. The van der Waals surface area contributed by atoms with Crippen LogP contribution in [0.25, 0.3) is 10.2 Å². The summed E-state index contributed by atoms with van der Waals surface area (Å²) in [5.41, 5.74) is -0.0903. The lowest BCUT2D eigenvalue weighted by Gasteiger charge is -2.26. The molecule has 2 heterocycles. The molecule has 0 aliphatic heterocycles. The summed E-state index contributed by atoms with van der Waals surface area (Å²) in [6.45, 7) is 13.1. The van der Waals surface area contributed by atoms with Crippen molar-refractivity contribution in [3.63, 3.8) is 0 Å². The lowest BCUT2D eigenvalue weighted by molar-refractivity contribution is 0.0170. The van der Waals surface area contributed by atoms with Crippen LogP contribution in [0, 0.1) is 5.92 Å². The van der Waals surface area contributed by atoms with Gasteiger partial charge in [0, 0.05) is 24.6 Å². The number of aromatic nitrogens is 2. The number of aliphatic hydroxyl groups is 1. The predicted molar refractivity (Wildman–Crippen MR) is 107 cm³/mol. The van der Waals surface area contributed by atoms with Gasteiger partial charge in [0.1, 0.15) is 10.7 Å². The Hall–Kier alpha value is -1.28. The van der Waals surface area contributed by atoms with Crippen molar-refractivity contribution in [2.75, 3.05) is 26.3 Å². The molecule has 2 N–H and O–H groups in total. The zero-order valence-electron chi connectivity index (χ0n) is 16.4. The highest BCUT2D eigenvalue weighted by Crippen LogP contribution is 2.27. The Morgan fingerprint density at radius 2 is 2.04 bits per heavy atom. The molecular formula is C19H31N3O3S. The average Bonchev–Trinajstić information content (AvgIpc) is 2.97. The highest BCUT2D eigenvalue weighted by atomic mass is 32.1. The van der Waals surface area contributed by atoms with Gasteiger partial charge in [-0.3, -0.25) is 9.69 Å². The number of fused-ring (bicyclic) bond motifs is 1. The molecule has 0 spiro atoms. The fourth-order valence-corrected chi connectivity index (χ4v) is 3.94. The molecule has 0 aliphatic rings. The summed E-state index contributed by atoms with van der Waals surface area (Å²) in [6.07, 6.45) is -0.557. The van der Waals surface area contributed by atoms with Crippen molar-refractivity contribution in [1.29, 1.82) is 0 Å². The minimum absolute atomic E-state index is 0.0903. The topological polar surface area (TPSA) is 78.5 Å². The molecule has 0 saturated carbocycles. The first-order chi connectivity index (χ1) is 12.3. The molecule has 2 rings (SSSR count). The van der Waals surface area contributed by atoms with Crippen LogP contribution in [0.4, 0.5) is 0 Å². The number of nitrogens with one attached hydrogen (secondary N) is 1. The summed E-state index contributed by atoms with van der Waals surface area (Å²) >= 11 is 1.58. The highest BCUT2D eigenvalue weighted by Gasteiger charge is 2.17. The summed E-state index contributed by atoms with van der Waals surface area (Å²) < 4.78 is 5.30. The largest absolute Gasteiger partial charge is 0.389 e. The van der Waals surface area contributed by atoms with E-state index in [1.165, 1.54) is 4.88 Å². The third-order valence-electron chi connectivity index (χ3n) is 4.02. The van der Waals surface area contributed by atoms with Crippen LogP contribution in [0.2, 0.25) is 0 Å². The Labute approximate surface area is 159 Å². The van der Waals surface area contributed by atoms with E-state index < -0.39 is 6.10 Å². The molecule has 1 atom stereocenters. The van der Waals surface area contributed by atoms with Crippen molar-refractivity contribution >= 4 is 21.6 Å². The van der Waals surface area contributed by atoms with E-state index >= 15 is 0 Å². The Bertz CT molecular complexity index is 754. The molecule has 0 saturated heterocycles. The van der Waals surface area contributed by atoms with Gasteiger partial charge in [0.05, 0.1) is 24.6 Å². The number of H-pyrrole nitrogens is 1. The Kier molecular flexibility index (Phi) is 7.76. The molecule has 0 amide bonds. The van der Waals surface area contributed by atoms with E-state index in [1.54, 1.807) is 11.3 Å². The number of ether oxygens (including phenoxy) is 1. The molecule has 0 bridgehead atoms. The fourth-order valence-electron chi connectivity index (χ4n) is 2.89. The zero-order chi connectivity index (χ0) is 19.3. The first kappa shape index (κ1) is 21.0. The minimum atomic E-state index is -0.557. The quantitative estimate of drug-likeness (QED) is 0.661. The molecule has 0 aliphatic carbocycles. The van der Waals surface area contributed by atoms with Gasteiger partial charge in [-0.2, -0.15) is 0 Å².